The zero-order valence-electron chi connectivity index (χ0n) is 12.6. The number of piperidine rings is 1. The molecule has 1 heterocycles. The minimum absolute atomic E-state index is 0.237. The summed E-state index contributed by atoms with van der Waals surface area (Å²) in [4.78, 5) is 0.440. The predicted molar refractivity (Wildman–Crippen MR) is 83.5 cm³/mol. The normalized spacial score (nSPS) is 26.7. The maximum absolute atomic E-state index is 12.9. The molecule has 1 N–H and O–H groups in total. The van der Waals surface area contributed by atoms with Crippen molar-refractivity contribution in [2.24, 2.45) is 5.92 Å². The van der Waals surface area contributed by atoms with Crippen LogP contribution in [0.1, 0.15) is 37.7 Å². The van der Waals surface area contributed by atoms with Crippen LogP contribution in [-0.2, 0) is 16.6 Å². The molecular weight excluding hydrogens is 284 g/mol. The quantitative estimate of drug-likeness (QED) is 0.929. The van der Waals surface area contributed by atoms with Gasteiger partial charge in [-0.05, 0) is 56.3 Å². The number of benzene rings is 1. The van der Waals surface area contributed by atoms with Crippen LogP contribution in [0.15, 0.2) is 29.2 Å². The molecule has 1 aliphatic heterocycles. The molecule has 1 aromatic carbocycles. The second-order valence-corrected chi connectivity index (χ2v) is 8.08. The summed E-state index contributed by atoms with van der Waals surface area (Å²) in [6.45, 7) is 1.44. The van der Waals surface area contributed by atoms with Crippen molar-refractivity contribution in [1.82, 2.24) is 9.62 Å². The first-order valence-electron chi connectivity index (χ1n) is 7.88. The van der Waals surface area contributed by atoms with Crippen molar-refractivity contribution in [1.29, 1.82) is 0 Å². The molecule has 0 bridgehead atoms. The van der Waals surface area contributed by atoms with E-state index < -0.39 is 10.0 Å². The second-order valence-electron chi connectivity index (χ2n) is 6.19. The van der Waals surface area contributed by atoms with Gasteiger partial charge in [0.15, 0.2) is 0 Å². The topological polar surface area (TPSA) is 49.4 Å². The molecule has 0 spiro atoms. The van der Waals surface area contributed by atoms with Crippen molar-refractivity contribution >= 4 is 10.0 Å². The predicted octanol–water partition coefficient (Wildman–Crippen LogP) is 2.36. The molecule has 1 saturated carbocycles. The van der Waals surface area contributed by atoms with Crippen molar-refractivity contribution in [3.05, 3.63) is 29.8 Å². The number of fused-ring (bicyclic) bond motifs is 1. The maximum Gasteiger partial charge on any atom is 0.243 e. The lowest BCUT2D eigenvalue weighted by molar-refractivity contribution is 0.202. The highest BCUT2D eigenvalue weighted by Gasteiger charge is 2.41. The highest BCUT2D eigenvalue weighted by Crippen LogP contribution is 2.39. The highest BCUT2D eigenvalue weighted by molar-refractivity contribution is 7.89. The zero-order chi connectivity index (χ0) is 14.9. The Morgan fingerprint density at radius 2 is 1.86 bits per heavy atom. The second kappa shape index (κ2) is 6.07. The molecule has 2 unspecified atom stereocenters. The summed E-state index contributed by atoms with van der Waals surface area (Å²) in [5.74, 6) is 0.581. The molecule has 2 atom stereocenters. The summed E-state index contributed by atoms with van der Waals surface area (Å²) in [6.07, 6.45) is 5.58. The van der Waals surface area contributed by atoms with Gasteiger partial charge in [-0.25, -0.2) is 8.42 Å². The molecule has 1 aliphatic carbocycles. The Labute approximate surface area is 127 Å². The molecule has 2 aliphatic rings. The molecule has 4 nitrogen and oxygen atoms in total. The van der Waals surface area contributed by atoms with Crippen LogP contribution in [0.3, 0.4) is 0 Å². The first-order valence-corrected chi connectivity index (χ1v) is 9.32. The van der Waals surface area contributed by atoms with Crippen LogP contribution in [0, 0.1) is 5.92 Å². The number of nitrogens with zero attached hydrogens (tertiary/aromatic N) is 1. The monoisotopic (exact) mass is 308 g/mol. The molecule has 0 aromatic heterocycles. The third kappa shape index (κ3) is 2.87. The number of hydrogen-bond acceptors (Lipinski definition) is 3. The van der Waals surface area contributed by atoms with Gasteiger partial charge in [0, 0.05) is 19.1 Å². The van der Waals surface area contributed by atoms with E-state index in [9.17, 15) is 8.42 Å². The van der Waals surface area contributed by atoms with Gasteiger partial charge in [0.2, 0.25) is 10.0 Å². The lowest BCUT2D eigenvalue weighted by Crippen LogP contribution is -2.46. The van der Waals surface area contributed by atoms with Gasteiger partial charge in [-0.3, -0.25) is 0 Å². The zero-order valence-corrected chi connectivity index (χ0v) is 13.4. The van der Waals surface area contributed by atoms with Crippen LogP contribution in [0.4, 0.5) is 0 Å². The molecule has 0 amide bonds. The summed E-state index contributed by atoms with van der Waals surface area (Å²) >= 11 is 0. The number of nitrogens with one attached hydrogen (secondary N) is 1. The van der Waals surface area contributed by atoms with Gasteiger partial charge in [-0.15, -0.1) is 0 Å². The summed E-state index contributed by atoms with van der Waals surface area (Å²) in [6, 6.07) is 7.54. The van der Waals surface area contributed by atoms with E-state index in [1.165, 1.54) is 19.3 Å². The van der Waals surface area contributed by atoms with Gasteiger partial charge in [-0.1, -0.05) is 18.6 Å². The third-order valence-electron chi connectivity index (χ3n) is 4.85. The Bertz CT molecular complexity index is 583. The Kier molecular flexibility index (Phi) is 4.33. The van der Waals surface area contributed by atoms with Gasteiger partial charge < -0.3 is 5.32 Å². The van der Waals surface area contributed by atoms with E-state index in [0.717, 1.165) is 24.9 Å². The minimum Gasteiger partial charge on any atom is -0.316 e. The Morgan fingerprint density at radius 3 is 2.57 bits per heavy atom. The van der Waals surface area contributed by atoms with Crippen molar-refractivity contribution in [2.45, 2.75) is 49.6 Å². The van der Waals surface area contributed by atoms with Gasteiger partial charge in [0.1, 0.15) is 0 Å². The van der Waals surface area contributed by atoms with Gasteiger partial charge in [-0.2, -0.15) is 4.31 Å². The first-order chi connectivity index (χ1) is 10.1. The van der Waals surface area contributed by atoms with Gasteiger partial charge in [0.05, 0.1) is 4.90 Å². The molecular formula is C16H24N2O2S. The Balaban J connectivity index is 1.85. The fraction of sp³-hybridized carbons (Fsp3) is 0.625. The first kappa shape index (κ1) is 15.0. The van der Waals surface area contributed by atoms with E-state index in [2.05, 4.69) is 5.32 Å². The molecule has 116 valence electrons. The number of rotatable bonds is 4. The molecule has 1 saturated heterocycles. The number of hydrogen-bond donors (Lipinski definition) is 1. The molecule has 2 fully saturated rings. The molecule has 21 heavy (non-hydrogen) atoms. The van der Waals surface area contributed by atoms with Crippen LogP contribution >= 0.6 is 0 Å². The van der Waals surface area contributed by atoms with E-state index in [1.807, 2.05) is 19.2 Å². The van der Waals surface area contributed by atoms with Crippen molar-refractivity contribution < 1.29 is 8.42 Å². The summed E-state index contributed by atoms with van der Waals surface area (Å²) < 4.78 is 27.6. The van der Waals surface area contributed by atoms with Crippen LogP contribution in [0.25, 0.3) is 0 Å². The van der Waals surface area contributed by atoms with Crippen LogP contribution < -0.4 is 5.32 Å². The summed E-state index contributed by atoms with van der Waals surface area (Å²) in [7, 11) is -1.45. The van der Waals surface area contributed by atoms with E-state index in [0.29, 0.717) is 17.4 Å². The summed E-state index contributed by atoms with van der Waals surface area (Å²) in [5.41, 5.74) is 1.11. The average molecular weight is 308 g/mol. The smallest absolute Gasteiger partial charge is 0.243 e. The summed E-state index contributed by atoms with van der Waals surface area (Å²) in [5, 5.41) is 3.08. The van der Waals surface area contributed by atoms with E-state index in [-0.39, 0.29) is 6.04 Å². The maximum atomic E-state index is 12.9. The average Bonchev–Trinajstić information content (AvgIpc) is 2.96. The fourth-order valence-electron chi connectivity index (χ4n) is 3.83. The number of sulfonamides is 1. The SMILES string of the molecule is CNCc1ccc(S(=O)(=O)N2CCCC3CCCC32)cc1. The van der Waals surface area contributed by atoms with Crippen LogP contribution in [0.5, 0.6) is 0 Å². The Hall–Kier alpha value is -0.910. The standard InChI is InChI=1S/C16H24N2O2S/c1-17-12-13-7-9-15(10-8-13)21(19,20)18-11-3-5-14-4-2-6-16(14)18/h7-10,14,16-17H,2-6,11-12H2,1H3. The van der Waals surface area contributed by atoms with Crippen molar-refractivity contribution in [2.75, 3.05) is 13.6 Å². The highest BCUT2D eigenvalue weighted by atomic mass is 32.2. The van der Waals surface area contributed by atoms with Crippen molar-refractivity contribution in [3.8, 4) is 0 Å². The fourth-order valence-corrected chi connectivity index (χ4v) is 5.58. The van der Waals surface area contributed by atoms with E-state index in [4.69, 9.17) is 0 Å². The minimum atomic E-state index is -3.34. The molecule has 1 aromatic rings. The lowest BCUT2D eigenvalue weighted by atomic mass is 9.94. The van der Waals surface area contributed by atoms with Gasteiger partial charge in [0.25, 0.3) is 0 Å². The van der Waals surface area contributed by atoms with Crippen LogP contribution in [0.2, 0.25) is 0 Å². The largest absolute Gasteiger partial charge is 0.316 e. The lowest BCUT2D eigenvalue weighted by Gasteiger charge is -2.36. The Morgan fingerprint density at radius 1 is 1.14 bits per heavy atom. The molecule has 5 heteroatoms. The van der Waals surface area contributed by atoms with E-state index in [1.54, 1.807) is 16.4 Å². The van der Waals surface area contributed by atoms with Crippen LogP contribution in [-0.4, -0.2) is 32.4 Å². The van der Waals surface area contributed by atoms with Gasteiger partial charge >= 0.3 is 0 Å². The molecule has 0 radical (unpaired) electrons. The molecule has 3 rings (SSSR count). The third-order valence-corrected chi connectivity index (χ3v) is 6.79. The van der Waals surface area contributed by atoms with E-state index >= 15 is 0 Å². The van der Waals surface area contributed by atoms with Crippen molar-refractivity contribution in [3.63, 3.8) is 0 Å².